The van der Waals surface area contributed by atoms with Crippen LogP contribution in [0.2, 0.25) is 0 Å². The average Bonchev–Trinajstić information content (AvgIpc) is 2.46. The first-order chi connectivity index (χ1) is 9.17. The Morgan fingerprint density at radius 3 is 2.53 bits per heavy atom. The van der Waals surface area contributed by atoms with E-state index in [0.29, 0.717) is 0 Å². The number of rotatable bonds is 4. The molecular formula is C16H16Br2O. The first kappa shape index (κ1) is 14.6. The number of benzene rings is 2. The number of hydrogen-bond donors (Lipinski definition) is 0. The van der Waals surface area contributed by atoms with Gasteiger partial charge in [-0.15, -0.1) is 0 Å². The first-order valence-electron chi connectivity index (χ1n) is 6.22. The molecule has 0 amide bonds. The van der Waals surface area contributed by atoms with Crippen molar-refractivity contribution < 1.29 is 4.74 Å². The van der Waals surface area contributed by atoms with Gasteiger partial charge in [0.05, 0.1) is 11.9 Å². The van der Waals surface area contributed by atoms with Crippen molar-refractivity contribution in [1.82, 2.24) is 0 Å². The van der Waals surface area contributed by atoms with Crippen molar-refractivity contribution >= 4 is 31.9 Å². The molecule has 0 radical (unpaired) electrons. The van der Waals surface area contributed by atoms with E-state index >= 15 is 0 Å². The summed E-state index contributed by atoms with van der Waals surface area (Å²) in [6.07, 6.45) is 1.02. The van der Waals surface area contributed by atoms with E-state index in [-0.39, 0.29) is 4.83 Å². The summed E-state index contributed by atoms with van der Waals surface area (Å²) >= 11 is 7.34. The van der Waals surface area contributed by atoms with Gasteiger partial charge in [-0.05, 0) is 35.7 Å². The number of ether oxygens (including phenoxy) is 1. The van der Waals surface area contributed by atoms with Gasteiger partial charge in [0.15, 0.2) is 0 Å². The molecule has 0 aromatic heterocycles. The Kier molecular flexibility index (Phi) is 5.06. The van der Waals surface area contributed by atoms with Crippen LogP contribution in [-0.4, -0.2) is 7.11 Å². The van der Waals surface area contributed by atoms with Gasteiger partial charge in [-0.3, -0.25) is 0 Å². The highest BCUT2D eigenvalue weighted by Gasteiger charge is 2.17. The summed E-state index contributed by atoms with van der Waals surface area (Å²) in [6, 6.07) is 14.6. The molecule has 0 saturated carbocycles. The second-order valence-electron chi connectivity index (χ2n) is 4.30. The predicted molar refractivity (Wildman–Crippen MR) is 87.3 cm³/mol. The first-order valence-corrected chi connectivity index (χ1v) is 7.93. The topological polar surface area (TPSA) is 9.23 Å². The fourth-order valence-corrected chi connectivity index (χ4v) is 3.36. The lowest BCUT2D eigenvalue weighted by molar-refractivity contribution is 0.410. The Labute approximate surface area is 131 Å². The van der Waals surface area contributed by atoms with Gasteiger partial charge >= 0.3 is 0 Å². The van der Waals surface area contributed by atoms with Gasteiger partial charge in [0.2, 0.25) is 0 Å². The Balaban J connectivity index is 2.49. The van der Waals surface area contributed by atoms with E-state index in [4.69, 9.17) is 4.74 Å². The van der Waals surface area contributed by atoms with Gasteiger partial charge in [0.1, 0.15) is 5.75 Å². The molecule has 1 atom stereocenters. The van der Waals surface area contributed by atoms with Crippen LogP contribution in [0.15, 0.2) is 46.9 Å². The maximum absolute atomic E-state index is 5.47. The zero-order valence-electron chi connectivity index (χ0n) is 11.0. The van der Waals surface area contributed by atoms with Crippen LogP contribution in [0.3, 0.4) is 0 Å². The second-order valence-corrected chi connectivity index (χ2v) is 6.13. The van der Waals surface area contributed by atoms with Gasteiger partial charge in [0, 0.05) is 10.0 Å². The third-order valence-corrected chi connectivity index (χ3v) is 4.65. The molecule has 3 heteroatoms. The SMILES string of the molecule is CCc1ccccc1C(Br)c1cc(Br)ccc1OC. The van der Waals surface area contributed by atoms with Crippen LogP contribution < -0.4 is 4.74 Å². The number of halogens is 2. The van der Waals surface area contributed by atoms with E-state index in [9.17, 15) is 0 Å². The fraction of sp³-hybridized carbons (Fsp3) is 0.250. The zero-order chi connectivity index (χ0) is 13.8. The molecule has 1 nitrogen and oxygen atoms in total. The van der Waals surface area contributed by atoms with Gasteiger partial charge in [-0.1, -0.05) is 63.0 Å². The molecule has 0 fully saturated rings. The monoisotopic (exact) mass is 382 g/mol. The summed E-state index contributed by atoms with van der Waals surface area (Å²) < 4.78 is 6.52. The lowest BCUT2D eigenvalue weighted by atomic mass is 9.98. The van der Waals surface area contributed by atoms with Crippen LogP contribution in [-0.2, 0) is 6.42 Å². The Bertz CT molecular complexity index is 566. The number of aryl methyl sites for hydroxylation is 1. The van der Waals surface area contributed by atoms with Crippen LogP contribution in [0.4, 0.5) is 0 Å². The van der Waals surface area contributed by atoms with Gasteiger partial charge in [-0.2, -0.15) is 0 Å². The van der Waals surface area contributed by atoms with Crippen molar-refractivity contribution in [1.29, 1.82) is 0 Å². The molecule has 1 unspecified atom stereocenters. The smallest absolute Gasteiger partial charge is 0.123 e. The predicted octanol–water partition coefficient (Wildman–Crippen LogP) is 5.50. The molecule has 0 spiro atoms. The lowest BCUT2D eigenvalue weighted by Crippen LogP contribution is -2.00. The molecule has 0 N–H and O–H groups in total. The largest absolute Gasteiger partial charge is 0.496 e. The molecule has 0 saturated heterocycles. The molecule has 100 valence electrons. The molecule has 0 heterocycles. The van der Waals surface area contributed by atoms with Crippen molar-refractivity contribution in [3.05, 3.63) is 63.6 Å². The van der Waals surface area contributed by atoms with Crippen molar-refractivity contribution in [2.75, 3.05) is 7.11 Å². The number of methoxy groups -OCH3 is 1. The van der Waals surface area contributed by atoms with E-state index in [1.165, 1.54) is 11.1 Å². The lowest BCUT2D eigenvalue weighted by Gasteiger charge is -2.17. The van der Waals surface area contributed by atoms with Crippen LogP contribution >= 0.6 is 31.9 Å². The highest BCUT2D eigenvalue weighted by Crippen LogP contribution is 2.39. The second kappa shape index (κ2) is 6.58. The molecule has 0 aliphatic carbocycles. The summed E-state index contributed by atoms with van der Waals surface area (Å²) in [4.78, 5) is 0.135. The molecule has 0 aliphatic rings. The van der Waals surface area contributed by atoms with Crippen molar-refractivity contribution in [2.24, 2.45) is 0 Å². The zero-order valence-corrected chi connectivity index (χ0v) is 14.2. The fourth-order valence-electron chi connectivity index (χ4n) is 2.17. The molecule has 0 aliphatic heterocycles. The van der Waals surface area contributed by atoms with Crippen LogP contribution in [0.5, 0.6) is 5.75 Å². The third kappa shape index (κ3) is 3.21. The Morgan fingerprint density at radius 2 is 1.84 bits per heavy atom. The van der Waals surface area contributed by atoms with Gasteiger partial charge < -0.3 is 4.74 Å². The molecule has 2 aromatic carbocycles. The van der Waals surface area contributed by atoms with E-state index in [0.717, 1.165) is 22.2 Å². The molecule has 19 heavy (non-hydrogen) atoms. The Morgan fingerprint density at radius 1 is 1.11 bits per heavy atom. The summed E-state index contributed by atoms with van der Waals surface area (Å²) in [5, 5.41) is 0. The maximum atomic E-state index is 5.47. The maximum Gasteiger partial charge on any atom is 0.123 e. The Hall–Kier alpha value is -0.800. The van der Waals surface area contributed by atoms with Crippen LogP contribution in [0, 0.1) is 0 Å². The van der Waals surface area contributed by atoms with Gasteiger partial charge in [0.25, 0.3) is 0 Å². The minimum absolute atomic E-state index is 0.135. The van der Waals surface area contributed by atoms with Crippen molar-refractivity contribution in [3.8, 4) is 5.75 Å². The highest BCUT2D eigenvalue weighted by molar-refractivity contribution is 9.10. The minimum atomic E-state index is 0.135. The molecule has 2 aromatic rings. The molecule has 0 bridgehead atoms. The molecular weight excluding hydrogens is 368 g/mol. The standard InChI is InChI=1S/C16H16Br2O/c1-3-11-6-4-5-7-13(11)16(18)14-10-12(17)8-9-15(14)19-2/h4-10,16H,3H2,1-2H3. The summed E-state index contributed by atoms with van der Waals surface area (Å²) in [7, 11) is 1.71. The number of alkyl halides is 1. The normalized spacial score (nSPS) is 12.2. The average molecular weight is 384 g/mol. The van der Waals surface area contributed by atoms with E-state index in [1.54, 1.807) is 7.11 Å². The highest BCUT2D eigenvalue weighted by atomic mass is 79.9. The van der Waals surface area contributed by atoms with Crippen molar-refractivity contribution in [3.63, 3.8) is 0 Å². The number of hydrogen-bond acceptors (Lipinski definition) is 1. The van der Waals surface area contributed by atoms with Crippen LogP contribution in [0.25, 0.3) is 0 Å². The molecule has 2 rings (SSSR count). The summed E-state index contributed by atoms with van der Waals surface area (Å²) in [6.45, 7) is 2.18. The quantitative estimate of drug-likeness (QED) is 0.633. The van der Waals surface area contributed by atoms with E-state index in [1.807, 2.05) is 12.1 Å². The minimum Gasteiger partial charge on any atom is -0.496 e. The van der Waals surface area contributed by atoms with Crippen LogP contribution in [0.1, 0.15) is 28.4 Å². The van der Waals surface area contributed by atoms with Crippen molar-refractivity contribution in [2.45, 2.75) is 18.2 Å². The summed E-state index contributed by atoms with van der Waals surface area (Å²) in [5.41, 5.74) is 3.78. The van der Waals surface area contributed by atoms with E-state index in [2.05, 4.69) is 69.1 Å². The van der Waals surface area contributed by atoms with Gasteiger partial charge in [-0.25, -0.2) is 0 Å². The summed E-state index contributed by atoms with van der Waals surface area (Å²) in [5.74, 6) is 0.899. The van der Waals surface area contributed by atoms with E-state index < -0.39 is 0 Å². The third-order valence-electron chi connectivity index (χ3n) is 3.17.